The summed E-state index contributed by atoms with van der Waals surface area (Å²) in [5, 5.41) is 19.4. The van der Waals surface area contributed by atoms with E-state index < -0.39 is 11.5 Å². The lowest BCUT2D eigenvalue weighted by atomic mass is 9.73. The second-order valence-corrected chi connectivity index (χ2v) is 11.0. The molecule has 0 saturated carbocycles. The zero-order valence-corrected chi connectivity index (χ0v) is 23.1. The van der Waals surface area contributed by atoms with Gasteiger partial charge in [-0.2, -0.15) is 5.10 Å². The van der Waals surface area contributed by atoms with E-state index in [1.165, 1.54) is 11.3 Å². The summed E-state index contributed by atoms with van der Waals surface area (Å²) < 4.78 is 3.89. The van der Waals surface area contributed by atoms with Gasteiger partial charge < -0.3 is 10.6 Å². The number of benzene rings is 1. The van der Waals surface area contributed by atoms with E-state index in [0.717, 1.165) is 50.3 Å². The van der Waals surface area contributed by atoms with Crippen LogP contribution in [-0.2, 0) is 42.1 Å². The maximum absolute atomic E-state index is 14.1. The monoisotopic (exact) mass is 532 g/mol. The molecule has 2 aliphatic heterocycles. The third-order valence-electron chi connectivity index (χ3n) is 8.20. The van der Waals surface area contributed by atoms with Gasteiger partial charge in [0, 0.05) is 56.5 Å². The van der Waals surface area contributed by atoms with Crippen LogP contribution in [0.3, 0.4) is 0 Å². The molecule has 0 radical (unpaired) electrons. The van der Waals surface area contributed by atoms with Crippen LogP contribution in [0.1, 0.15) is 55.1 Å². The minimum atomic E-state index is -0.651. The van der Waals surface area contributed by atoms with E-state index in [1.807, 2.05) is 47.4 Å². The maximum Gasteiger partial charge on any atom is 0.242 e. The SMILES string of the molecule is CCCn1ncc(CN2CCC3(CC2)Cc2cn(nn2)CCCNC(=O)[C@H](Cc2ccccc2)NC3=O)c1C. The quantitative estimate of drug-likeness (QED) is 0.504. The molecule has 1 atom stereocenters. The summed E-state index contributed by atoms with van der Waals surface area (Å²) in [4.78, 5) is 29.7. The summed E-state index contributed by atoms with van der Waals surface area (Å²) in [6, 6.07) is 9.24. The Bertz CT molecular complexity index is 1260. The summed E-state index contributed by atoms with van der Waals surface area (Å²) in [5.41, 5.74) is 3.65. The molecule has 2 N–H and O–H groups in total. The first-order valence-corrected chi connectivity index (χ1v) is 14.2. The molecule has 10 nitrogen and oxygen atoms in total. The number of amides is 2. The lowest BCUT2D eigenvalue weighted by molar-refractivity contribution is -0.137. The Hall–Kier alpha value is -3.53. The van der Waals surface area contributed by atoms with Crippen LogP contribution in [0.25, 0.3) is 0 Å². The van der Waals surface area contributed by atoms with Crippen LogP contribution in [0.4, 0.5) is 0 Å². The maximum atomic E-state index is 14.1. The summed E-state index contributed by atoms with van der Waals surface area (Å²) in [6.07, 6.45) is 8.07. The molecule has 2 amide bonds. The first-order valence-electron chi connectivity index (χ1n) is 14.2. The van der Waals surface area contributed by atoms with Crippen molar-refractivity contribution in [3.05, 3.63) is 65.2 Å². The van der Waals surface area contributed by atoms with E-state index in [1.54, 1.807) is 0 Å². The van der Waals surface area contributed by atoms with Crippen molar-refractivity contribution in [3.63, 3.8) is 0 Å². The molecule has 3 aromatic rings. The van der Waals surface area contributed by atoms with Crippen LogP contribution in [0.15, 0.2) is 42.7 Å². The van der Waals surface area contributed by atoms with Crippen molar-refractivity contribution in [3.8, 4) is 0 Å². The second kappa shape index (κ2) is 12.1. The highest BCUT2D eigenvalue weighted by Crippen LogP contribution is 2.36. The Kier molecular flexibility index (Phi) is 8.40. The number of carbonyl (C=O) groups excluding carboxylic acids is 2. The Labute approximate surface area is 230 Å². The third kappa shape index (κ3) is 6.38. The van der Waals surface area contributed by atoms with Crippen molar-refractivity contribution in [2.24, 2.45) is 5.41 Å². The normalized spacial score (nSPS) is 20.5. The van der Waals surface area contributed by atoms with Crippen molar-refractivity contribution in [1.82, 2.24) is 40.3 Å². The standard InChI is InChI=1S/C29H40N8O2/c1-3-13-37-22(2)24(19-31-37)20-35-15-10-29(11-16-35)18-25-21-36(34-33-25)14-7-12-30-27(38)26(32-28(29)39)17-23-8-5-4-6-9-23/h4-6,8-9,19,21,26H,3,7,10-18,20H2,1-2H3,(H,30,38)(H,32,39)/t26-/m0/s1. The third-order valence-corrected chi connectivity index (χ3v) is 8.20. The minimum Gasteiger partial charge on any atom is -0.354 e. The van der Waals surface area contributed by atoms with Gasteiger partial charge in [0.1, 0.15) is 6.04 Å². The van der Waals surface area contributed by atoms with Crippen LogP contribution in [0.5, 0.6) is 0 Å². The highest BCUT2D eigenvalue weighted by Gasteiger charge is 2.43. The summed E-state index contributed by atoms with van der Waals surface area (Å²) in [7, 11) is 0. The predicted octanol–water partition coefficient (Wildman–Crippen LogP) is 2.27. The molecule has 39 heavy (non-hydrogen) atoms. The Balaban J connectivity index is 1.35. The van der Waals surface area contributed by atoms with Crippen LogP contribution >= 0.6 is 0 Å². The number of hydrogen-bond acceptors (Lipinski definition) is 6. The minimum absolute atomic E-state index is 0.0704. The van der Waals surface area contributed by atoms with E-state index in [-0.39, 0.29) is 11.8 Å². The van der Waals surface area contributed by atoms with Gasteiger partial charge in [0.2, 0.25) is 11.8 Å². The molecule has 2 aromatic heterocycles. The Morgan fingerprint density at radius 1 is 1.10 bits per heavy atom. The molecule has 4 heterocycles. The van der Waals surface area contributed by atoms with Gasteiger partial charge in [0.15, 0.2) is 0 Å². The van der Waals surface area contributed by atoms with E-state index >= 15 is 0 Å². The number of aryl methyl sites for hydroxylation is 2. The summed E-state index contributed by atoms with van der Waals surface area (Å²) in [6.45, 7) is 8.80. The number of likely N-dealkylation sites (tertiary alicyclic amines) is 1. The summed E-state index contributed by atoms with van der Waals surface area (Å²) in [5.74, 6) is -0.212. The smallest absolute Gasteiger partial charge is 0.242 e. The van der Waals surface area contributed by atoms with Crippen molar-refractivity contribution in [2.45, 2.75) is 78.0 Å². The second-order valence-electron chi connectivity index (χ2n) is 11.0. The molecule has 0 unspecified atom stereocenters. The molecule has 10 heteroatoms. The van der Waals surface area contributed by atoms with Gasteiger partial charge in [-0.25, -0.2) is 0 Å². The van der Waals surface area contributed by atoms with Gasteiger partial charge in [-0.05, 0) is 51.3 Å². The fraction of sp³-hybridized carbons (Fsp3) is 0.552. The lowest BCUT2D eigenvalue weighted by Crippen LogP contribution is -2.56. The zero-order chi connectivity index (χ0) is 27.2. The average Bonchev–Trinajstić information content (AvgIpc) is 3.53. The molecule has 5 rings (SSSR count). The average molecular weight is 533 g/mol. The van der Waals surface area contributed by atoms with Gasteiger partial charge in [0.05, 0.1) is 17.3 Å². The first kappa shape index (κ1) is 27.1. The van der Waals surface area contributed by atoms with Crippen molar-refractivity contribution in [2.75, 3.05) is 19.6 Å². The van der Waals surface area contributed by atoms with Gasteiger partial charge in [-0.1, -0.05) is 42.5 Å². The van der Waals surface area contributed by atoms with Gasteiger partial charge in [-0.15, -0.1) is 5.10 Å². The molecule has 1 saturated heterocycles. The van der Waals surface area contributed by atoms with E-state index in [0.29, 0.717) is 38.8 Å². The molecule has 2 bridgehead atoms. The first-order chi connectivity index (χ1) is 19.0. The molecule has 1 spiro atoms. The van der Waals surface area contributed by atoms with Gasteiger partial charge >= 0.3 is 0 Å². The fourth-order valence-corrected chi connectivity index (χ4v) is 5.76. The summed E-state index contributed by atoms with van der Waals surface area (Å²) >= 11 is 0. The van der Waals surface area contributed by atoms with Crippen molar-refractivity contribution >= 4 is 11.8 Å². The fourth-order valence-electron chi connectivity index (χ4n) is 5.76. The highest BCUT2D eigenvalue weighted by atomic mass is 16.2. The number of rotatable bonds is 6. The largest absolute Gasteiger partial charge is 0.354 e. The number of piperidine rings is 1. The topological polar surface area (TPSA) is 110 Å². The van der Waals surface area contributed by atoms with Gasteiger partial charge in [0.25, 0.3) is 0 Å². The number of aromatic nitrogens is 5. The molecule has 2 aliphatic rings. The molecule has 208 valence electrons. The molecule has 0 aliphatic carbocycles. The molecule has 1 aromatic carbocycles. The highest BCUT2D eigenvalue weighted by molar-refractivity contribution is 5.90. The van der Waals surface area contributed by atoms with E-state index in [9.17, 15) is 9.59 Å². The number of hydrogen-bond donors (Lipinski definition) is 2. The predicted molar refractivity (Wildman–Crippen MR) is 148 cm³/mol. The zero-order valence-electron chi connectivity index (χ0n) is 23.1. The molecular formula is C29H40N8O2. The van der Waals surface area contributed by atoms with Crippen LogP contribution in [0, 0.1) is 12.3 Å². The number of fused-ring (bicyclic) bond motifs is 2. The number of carbonyl (C=O) groups is 2. The molecular weight excluding hydrogens is 492 g/mol. The van der Waals surface area contributed by atoms with Crippen LogP contribution in [0.2, 0.25) is 0 Å². The van der Waals surface area contributed by atoms with Gasteiger partial charge in [-0.3, -0.25) is 23.9 Å². The Morgan fingerprint density at radius 2 is 1.90 bits per heavy atom. The van der Waals surface area contributed by atoms with E-state index in [4.69, 9.17) is 0 Å². The number of nitrogens with zero attached hydrogens (tertiary/aromatic N) is 6. The van der Waals surface area contributed by atoms with E-state index in [2.05, 4.69) is 49.5 Å². The van der Waals surface area contributed by atoms with Crippen LogP contribution < -0.4 is 10.6 Å². The molecule has 1 fully saturated rings. The number of nitrogens with one attached hydrogen (secondary N) is 2. The van der Waals surface area contributed by atoms with Crippen LogP contribution in [-0.4, -0.2) is 67.2 Å². The Morgan fingerprint density at radius 3 is 2.67 bits per heavy atom. The van der Waals surface area contributed by atoms with Crippen molar-refractivity contribution in [1.29, 1.82) is 0 Å². The van der Waals surface area contributed by atoms with Crippen molar-refractivity contribution < 1.29 is 9.59 Å². The lowest BCUT2D eigenvalue weighted by Gasteiger charge is -2.41.